The van der Waals surface area contributed by atoms with Crippen molar-refractivity contribution in [3.8, 4) is 0 Å². The van der Waals surface area contributed by atoms with Crippen LogP contribution in [0.4, 0.5) is 0 Å². The van der Waals surface area contributed by atoms with E-state index in [-0.39, 0.29) is 5.41 Å². The van der Waals surface area contributed by atoms with Crippen molar-refractivity contribution in [1.29, 1.82) is 0 Å². The number of carbonyl (C=O) groups excluding carboxylic acids is 1. The Morgan fingerprint density at radius 3 is 2.39 bits per heavy atom. The summed E-state index contributed by atoms with van der Waals surface area (Å²) in [7, 11) is 0. The number of likely N-dealkylation sites (tertiary alicyclic amines) is 1. The molecule has 2 unspecified atom stereocenters. The number of nitrogens with zero attached hydrogens (tertiary/aromatic N) is 1. The Kier molecular flexibility index (Phi) is 5.20. The Morgan fingerprint density at radius 2 is 2.00 bits per heavy atom. The summed E-state index contributed by atoms with van der Waals surface area (Å²) in [5.74, 6) is 1.48. The molecule has 0 spiro atoms. The molecule has 0 aromatic heterocycles. The van der Waals surface area contributed by atoms with Gasteiger partial charge in [0.05, 0.1) is 0 Å². The van der Waals surface area contributed by atoms with E-state index in [0.717, 1.165) is 26.1 Å². The van der Waals surface area contributed by atoms with Crippen LogP contribution in [0.1, 0.15) is 48.0 Å². The first kappa shape index (κ1) is 15.5. The maximum atomic E-state index is 12.1. The number of nitrogens with one attached hydrogen (secondary N) is 1. The van der Waals surface area contributed by atoms with Gasteiger partial charge in [-0.2, -0.15) is 0 Å². The molecule has 3 heteroatoms. The maximum absolute atomic E-state index is 12.1. The molecule has 1 amide bonds. The first-order valence-corrected chi connectivity index (χ1v) is 7.26. The molecule has 0 radical (unpaired) electrons. The van der Waals surface area contributed by atoms with Crippen LogP contribution in [-0.4, -0.2) is 36.5 Å². The van der Waals surface area contributed by atoms with Crippen LogP contribution >= 0.6 is 0 Å². The van der Waals surface area contributed by atoms with E-state index in [1.807, 2.05) is 0 Å². The second-order valence-electron chi connectivity index (χ2n) is 6.98. The molecular weight excluding hydrogens is 224 g/mol. The number of carbonyl (C=O) groups is 1. The van der Waals surface area contributed by atoms with Crippen LogP contribution in [0.3, 0.4) is 0 Å². The highest BCUT2D eigenvalue weighted by atomic mass is 16.2. The first-order chi connectivity index (χ1) is 8.25. The number of hydrogen-bond acceptors (Lipinski definition) is 2. The van der Waals surface area contributed by atoms with E-state index in [9.17, 15) is 4.79 Å². The highest BCUT2D eigenvalue weighted by Gasteiger charge is 2.34. The molecule has 0 saturated carbocycles. The van der Waals surface area contributed by atoms with E-state index in [1.54, 1.807) is 0 Å². The number of rotatable bonds is 5. The van der Waals surface area contributed by atoms with E-state index >= 15 is 0 Å². The van der Waals surface area contributed by atoms with Crippen molar-refractivity contribution in [3.63, 3.8) is 0 Å². The lowest BCUT2D eigenvalue weighted by Gasteiger charge is -2.34. The van der Waals surface area contributed by atoms with Gasteiger partial charge in [-0.15, -0.1) is 0 Å². The normalized spacial score (nSPS) is 22.9. The van der Waals surface area contributed by atoms with Crippen LogP contribution in [0.15, 0.2) is 0 Å². The molecule has 1 aliphatic rings. The lowest BCUT2D eigenvalue weighted by Crippen LogP contribution is -2.49. The molecule has 106 valence electrons. The Labute approximate surface area is 112 Å². The van der Waals surface area contributed by atoms with E-state index in [1.165, 1.54) is 0 Å². The molecule has 3 nitrogen and oxygen atoms in total. The summed E-state index contributed by atoms with van der Waals surface area (Å²) in [6, 6.07) is 0.373. The zero-order valence-electron chi connectivity index (χ0n) is 12.9. The van der Waals surface area contributed by atoms with Gasteiger partial charge in [0.1, 0.15) is 0 Å². The summed E-state index contributed by atoms with van der Waals surface area (Å²) >= 11 is 0. The van der Waals surface area contributed by atoms with Crippen LogP contribution in [0, 0.1) is 17.3 Å². The van der Waals surface area contributed by atoms with Gasteiger partial charge in [-0.1, -0.05) is 41.5 Å². The lowest BCUT2D eigenvalue weighted by molar-refractivity contribution is -0.128. The van der Waals surface area contributed by atoms with Gasteiger partial charge >= 0.3 is 0 Å². The SMILES string of the molecule is CCNC(CN1CC(C(C)C)CC1=O)C(C)(C)C. The van der Waals surface area contributed by atoms with E-state index < -0.39 is 0 Å². The predicted octanol–water partition coefficient (Wildman–Crippen LogP) is 2.52. The Bertz CT molecular complexity index is 281. The molecule has 2 atom stereocenters. The highest BCUT2D eigenvalue weighted by Crippen LogP contribution is 2.27. The highest BCUT2D eigenvalue weighted by molar-refractivity contribution is 5.78. The van der Waals surface area contributed by atoms with Crippen molar-refractivity contribution >= 4 is 5.91 Å². The molecule has 0 aromatic carbocycles. The van der Waals surface area contributed by atoms with Crippen molar-refractivity contribution in [2.24, 2.45) is 17.3 Å². The fourth-order valence-corrected chi connectivity index (χ4v) is 2.54. The third kappa shape index (κ3) is 3.98. The monoisotopic (exact) mass is 254 g/mol. The van der Waals surface area contributed by atoms with E-state index in [4.69, 9.17) is 0 Å². The molecule has 0 aromatic rings. The summed E-state index contributed by atoms with van der Waals surface area (Å²) in [5, 5.41) is 3.52. The van der Waals surface area contributed by atoms with Crippen molar-refractivity contribution in [3.05, 3.63) is 0 Å². The molecule has 1 fully saturated rings. The third-order valence-corrected chi connectivity index (χ3v) is 4.09. The van der Waals surface area contributed by atoms with Crippen LogP contribution in [-0.2, 0) is 4.79 Å². The minimum Gasteiger partial charge on any atom is -0.341 e. The van der Waals surface area contributed by atoms with Gasteiger partial charge in [-0.3, -0.25) is 4.79 Å². The number of hydrogen-bond donors (Lipinski definition) is 1. The number of likely N-dealkylation sites (N-methyl/N-ethyl adjacent to an activating group) is 1. The van der Waals surface area contributed by atoms with Crippen molar-refractivity contribution in [1.82, 2.24) is 10.2 Å². The zero-order valence-corrected chi connectivity index (χ0v) is 12.9. The Hall–Kier alpha value is -0.570. The van der Waals surface area contributed by atoms with E-state index in [2.05, 4.69) is 51.8 Å². The van der Waals surface area contributed by atoms with Gasteiger partial charge in [0.25, 0.3) is 0 Å². The summed E-state index contributed by atoms with van der Waals surface area (Å²) in [5.41, 5.74) is 0.187. The van der Waals surface area contributed by atoms with Crippen molar-refractivity contribution < 1.29 is 4.79 Å². The van der Waals surface area contributed by atoms with Crippen molar-refractivity contribution in [2.75, 3.05) is 19.6 Å². The predicted molar refractivity (Wildman–Crippen MR) is 76.4 cm³/mol. The van der Waals surface area contributed by atoms with Crippen LogP contribution in [0.25, 0.3) is 0 Å². The molecule has 18 heavy (non-hydrogen) atoms. The summed E-state index contributed by atoms with van der Waals surface area (Å²) < 4.78 is 0. The molecule has 1 rings (SSSR count). The van der Waals surface area contributed by atoms with Crippen LogP contribution in [0.5, 0.6) is 0 Å². The average molecular weight is 254 g/mol. The Balaban J connectivity index is 2.62. The van der Waals surface area contributed by atoms with E-state index in [0.29, 0.717) is 23.8 Å². The molecule has 1 saturated heterocycles. The molecule has 1 aliphatic heterocycles. The molecule has 0 aliphatic carbocycles. The third-order valence-electron chi connectivity index (χ3n) is 4.09. The lowest BCUT2D eigenvalue weighted by atomic mass is 9.86. The van der Waals surface area contributed by atoms with Gasteiger partial charge in [-0.25, -0.2) is 0 Å². The average Bonchev–Trinajstić information content (AvgIpc) is 2.58. The zero-order chi connectivity index (χ0) is 13.9. The second kappa shape index (κ2) is 6.05. The quantitative estimate of drug-likeness (QED) is 0.817. The molecular formula is C15H30N2O. The van der Waals surface area contributed by atoms with Gasteiger partial charge < -0.3 is 10.2 Å². The minimum atomic E-state index is 0.187. The van der Waals surface area contributed by atoms with Gasteiger partial charge in [0.15, 0.2) is 0 Å². The molecule has 1 N–H and O–H groups in total. The van der Waals surface area contributed by atoms with Crippen LogP contribution in [0.2, 0.25) is 0 Å². The summed E-state index contributed by atoms with van der Waals surface area (Å²) in [4.78, 5) is 14.1. The maximum Gasteiger partial charge on any atom is 0.222 e. The van der Waals surface area contributed by atoms with Crippen LogP contribution < -0.4 is 5.32 Å². The molecule has 0 bridgehead atoms. The fraction of sp³-hybridized carbons (Fsp3) is 0.933. The summed E-state index contributed by atoms with van der Waals surface area (Å²) in [6.45, 7) is 16.0. The fourth-order valence-electron chi connectivity index (χ4n) is 2.54. The van der Waals surface area contributed by atoms with Gasteiger partial charge in [-0.05, 0) is 23.8 Å². The van der Waals surface area contributed by atoms with Crippen molar-refractivity contribution in [2.45, 2.75) is 54.0 Å². The first-order valence-electron chi connectivity index (χ1n) is 7.26. The Morgan fingerprint density at radius 1 is 1.39 bits per heavy atom. The molecule has 1 heterocycles. The van der Waals surface area contributed by atoms with Gasteiger partial charge in [0.2, 0.25) is 5.91 Å². The summed E-state index contributed by atoms with van der Waals surface area (Å²) in [6.07, 6.45) is 0.737. The number of amides is 1. The largest absolute Gasteiger partial charge is 0.341 e. The smallest absolute Gasteiger partial charge is 0.222 e. The second-order valence-corrected chi connectivity index (χ2v) is 6.98. The standard InChI is InChI=1S/C15H30N2O/c1-7-16-13(15(4,5)6)10-17-9-12(11(2)3)8-14(17)18/h11-13,16H,7-10H2,1-6H3. The topological polar surface area (TPSA) is 32.3 Å². The van der Waals surface area contributed by atoms with Gasteiger partial charge in [0, 0.05) is 25.6 Å². The minimum absolute atomic E-state index is 0.187.